The Hall–Kier alpha value is -2.17. The SMILES string of the molecule is CC[C@@H](C)NC(=O)NC(=O)CN1CCN(S(=O)(=O)c2ccc(OC)cc2)CC1. The number of carbonyl (C=O) groups excluding carboxylic acids is 2. The first-order chi connectivity index (χ1) is 13.3. The molecular weight excluding hydrogens is 384 g/mol. The van der Waals surface area contributed by atoms with Crippen LogP contribution in [0.1, 0.15) is 20.3 Å². The molecule has 1 saturated heterocycles. The number of methoxy groups -OCH3 is 1. The van der Waals surface area contributed by atoms with Crippen LogP contribution >= 0.6 is 0 Å². The van der Waals surface area contributed by atoms with E-state index in [9.17, 15) is 18.0 Å². The third kappa shape index (κ3) is 5.91. The van der Waals surface area contributed by atoms with Crippen molar-refractivity contribution in [3.8, 4) is 5.75 Å². The zero-order valence-electron chi connectivity index (χ0n) is 16.5. The molecule has 0 aliphatic carbocycles. The van der Waals surface area contributed by atoms with Crippen LogP contribution in [0.4, 0.5) is 4.79 Å². The summed E-state index contributed by atoms with van der Waals surface area (Å²) in [7, 11) is -2.07. The van der Waals surface area contributed by atoms with Crippen LogP contribution in [0, 0.1) is 0 Å². The third-order valence-corrected chi connectivity index (χ3v) is 6.55. The Kier molecular flexibility index (Phi) is 7.78. The van der Waals surface area contributed by atoms with Crippen molar-refractivity contribution in [3.63, 3.8) is 0 Å². The smallest absolute Gasteiger partial charge is 0.321 e. The Bertz CT molecular complexity index is 774. The van der Waals surface area contributed by atoms with Crippen LogP contribution in [0.2, 0.25) is 0 Å². The summed E-state index contributed by atoms with van der Waals surface area (Å²) in [5, 5.41) is 4.96. The topological polar surface area (TPSA) is 108 Å². The first-order valence-corrected chi connectivity index (χ1v) is 10.7. The quantitative estimate of drug-likeness (QED) is 0.680. The molecule has 0 bridgehead atoms. The van der Waals surface area contributed by atoms with E-state index in [-0.39, 0.29) is 30.6 Å². The van der Waals surface area contributed by atoms with E-state index in [2.05, 4.69) is 10.6 Å². The van der Waals surface area contributed by atoms with Gasteiger partial charge in [0.25, 0.3) is 0 Å². The molecule has 1 aromatic carbocycles. The molecule has 0 aromatic heterocycles. The molecule has 1 atom stereocenters. The van der Waals surface area contributed by atoms with E-state index in [0.29, 0.717) is 18.8 Å². The third-order valence-electron chi connectivity index (χ3n) is 4.64. The lowest BCUT2D eigenvalue weighted by atomic mass is 10.3. The number of sulfonamides is 1. The molecule has 0 spiro atoms. The monoisotopic (exact) mass is 412 g/mol. The highest BCUT2D eigenvalue weighted by Gasteiger charge is 2.29. The minimum atomic E-state index is -3.59. The summed E-state index contributed by atoms with van der Waals surface area (Å²) in [6.45, 7) is 5.22. The Morgan fingerprint density at radius 1 is 1.14 bits per heavy atom. The summed E-state index contributed by atoms with van der Waals surface area (Å²) < 4.78 is 31.9. The number of ether oxygens (including phenoxy) is 1. The van der Waals surface area contributed by atoms with Gasteiger partial charge in [0.15, 0.2) is 0 Å². The van der Waals surface area contributed by atoms with Crippen LogP contribution in [-0.4, -0.2) is 75.4 Å². The van der Waals surface area contributed by atoms with Crippen LogP contribution < -0.4 is 15.4 Å². The van der Waals surface area contributed by atoms with Gasteiger partial charge >= 0.3 is 6.03 Å². The van der Waals surface area contributed by atoms with Gasteiger partial charge in [0.1, 0.15) is 5.75 Å². The highest BCUT2D eigenvalue weighted by atomic mass is 32.2. The predicted molar refractivity (Wildman–Crippen MR) is 105 cm³/mol. The van der Waals surface area contributed by atoms with Crippen LogP contribution in [-0.2, 0) is 14.8 Å². The lowest BCUT2D eigenvalue weighted by molar-refractivity contribution is -0.121. The maximum atomic E-state index is 12.7. The van der Waals surface area contributed by atoms with Crippen LogP contribution in [0.5, 0.6) is 5.75 Å². The lowest BCUT2D eigenvalue weighted by Gasteiger charge is -2.33. The van der Waals surface area contributed by atoms with Crippen molar-refractivity contribution in [2.75, 3.05) is 39.8 Å². The number of piperazine rings is 1. The van der Waals surface area contributed by atoms with Gasteiger partial charge in [-0.25, -0.2) is 13.2 Å². The van der Waals surface area contributed by atoms with Crippen molar-refractivity contribution in [1.82, 2.24) is 19.8 Å². The average Bonchev–Trinajstić information content (AvgIpc) is 2.68. The van der Waals surface area contributed by atoms with Gasteiger partial charge in [-0.15, -0.1) is 0 Å². The van der Waals surface area contributed by atoms with Crippen molar-refractivity contribution < 1.29 is 22.7 Å². The Balaban J connectivity index is 1.84. The fraction of sp³-hybridized carbons (Fsp3) is 0.556. The molecule has 9 nitrogen and oxygen atoms in total. The minimum absolute atomic E-state index is 0.0143. The second-order valence-corrected chi connectivity index (χ2v) is 8.62. The van der Waals surface area contributed by atoms with Crippen LogP contribution in [0.15, 0.2) is 29.2 Å². The highest BCUT2D eigenvalue weighted by Crippen LogP contribution is 2.20. The molecule has 3 amide bonds. The van der Waals surface area contributed by atoms with Gasteiger partial charge in [-0.1, -0.05) is 6.92 Å². The number of nitrogens with one attached hydrogen (secondary N) is 2. The molecule has 0 saturated carbocycles. The van der Waals surface area contributed by atoms with Gasteiger partial charge in [0.2, 0.25) is 15.9 Å². The molecule has 1 aliphatic rings. The summed E-state index contributed by atoms with van der Waals surface area (Å²) >= 11 is 0. The Morgan fingerprint density at radius 2 is 1.75 bits per heavy atom. The highest BCUT2D eigenvalue weighted by molar-refractivity contribution is 7.89. The van der Waals surface area contributed by atoms with Crippen molar-refractivity contribution in [2.45, 2.75) is 31.2 Å². The summed E-state index contributed by atoms with van der Waals surface area (Å²) in [5.41, 5.74) is 0. The molecule has 1 aromatic rings. The number of carbonyl (C=O) groups is 2. The summed E-state index contributed by atoms with van der Waals surface area (Å²) in [4.78, 5) is 25.7. The fourth-order valence-corrected chi connectivity index (χ4v) is 4.18. The zero-order chi connectivity index (χ0) is 20.7. The molecule has 2 N–H and O–H groups in total. The number of benzene rings is 1. The molecule has 2 rings (SSSR count). The molecular formula is C18H28N4O5S. The summed E-state index contributed by atoms with van der Waals surface area (Å²) in [6.07, 6.45) is 0.770. The maximum Gasteiger partial charge on any atom is 0.321 e. The van der Waals surface area contributed by atoms with E-state index in [1.165, 1.54) is 23.5 Å². The number of imide groups is 1. The van der Waals surface area contributed by atoms with E-state index < -0.39 is 22.0 Å². The Labute approximate surface area is 166 Å². The van der Waals surface area contributed by atoms with E-state index in [0.717, 1.165) is 6.42 Å². The molecule has 1 aliphatic heterocycles. The van der Waals surface area contributed by atoms with Crippen molar-refractivity contribution >= 4 is 22.0 Å². The zero-order valence-corrected chi connectivity index (χ0v) is 17.3. The van der Waals surface area contributed by atoms with Gasteiger partial charge in [-0.3, -0.25) is 15.0 Å². The predicted octanol–water partition coefficient (Wildman–Crippen LogP) is 0.626. The summed E-state index contributed by atoms with van der Waals surface area (Å²) in [6, 6.07) is 5.73. The van der Waals surface area contributed by atoms with Gasteiger partial charge in [-0.2, -0.15) is 4.31 Å². The second kappa shape index (κ2) is 9.85. The van der Waals surface area contributed by atoms with E-state index >= 15 is 0 Å². The fourth-order valence-electron chi connectivity index (χ4n) is 2.76. The van der Waals surface area contributed by atoms with Gasteiger partial charge in [0.05, 0.1) is 18.6 Å². The summed E-state index contributed by atoms with van der Waals surface area (Å²) in [5.74, 6) is 0.180. The van der Waals surface area contributed by atoms with E-state index in [1.54, 1.807) is 12.1 Å². The number of hydrogen-bond donors (Lipinski definition) is 2. The molecule has 0 unspecified atom stereocenters. The molecule has 156 valence electrons. The average molecular weight is 413 g/mol. The standard InChI is InChI=1S/C18H28N4O5S/c1-4-14(2)19-18(24)20-17(23)13-21-9-11-22(12-10-21)28(25,26)16-7-5-15(27-3)6-8-16/h5-8,14H,4,9-13H2,1-3H3,(H2,19,20,23,24)/t14-/m1/s1. The minimum Gasteiger partial charge on any atom is -0.497 e. The number of rotatable bonds is 7. The molecule has 10 heteroatoms. The normalized spacial score (nSPS) is 17.0. The van der Waals surface area contributed by atoms with E-state index in [4.69, 9.17) is 4.74 Å². The lowest BCUT2D eigenvalue weighted by Crippen LogP contribution is -2.52. The van der Waals surface area contributed by atoms with Gasteiger partial charge in [0, 0.05) is 32.2 Å². The second-order valence-electron chi connectivity index (χ2n) is 6.69. The number of amides is 3. The number of urea groups is 1. The molecule has 1 heterocycles. The van der Waals surface area contributed by atoms with E-state index in [1.807, 2.05) is 18.7 Å². The number of nitrogens with zero attached hydrogens (tertiary/aromatic N) is 2. The largest absolute Gasteiger partial charge is 0.497 e. The Morgan fingerprint density at radius 3 is 2.29 bits per heavy atom. The van der Waals surface area contributed by atoms with Crippen molar-refractivity contribution in [3.05, 3.63) is 24.3 Å². The van der Waals surface area contributed by atoms with Gasteiger partial charge in [-0.05, 0) is 37.6 Å². The van der Waals surface area contributed by atoms with Crippen LogP contribution in [0.25, 0.3) is 0 Å². The first-order valence-electron chi connectivity index (χ1n) is 9.23. The first kappa shape index (κ1) is 22.1. The van der Waals surface area contributed by atoms with Crippen molar-refractivity contribution in [2.24, 2.45) is 0 Å². The number of hydrogen-bond acceptors (Lipinski definition) is 6. The molecule has 0 radical (unpaired) electrons. The van der Waals surface area contributed by atoms with Gasteiger partial charge < -0.3 is 10.1 Å². The molecule has 28 heavy (non-hydrogen) atoms. The van der Waals surface area contributed by atoms with Crippen molar-refractivity contribution in [1.29, 1.82) is 0 Å². The van der Waals surface area contributed by atoms with Crippen LogP contribution in [0.3, 0.4) is 0 Å². The maximum absolute atomic E-state index is 12.7. The molecule has 1 fully saturated rings.